The topological polar surface area (TPSA) is 0 Å². The van der Waals surface area contributed by atoms with Crippen LogP contribution in [0.3, 0.4) is 0 Å². The number of benzene rings is 1. The van der Waals surface area contributed by atoms with Gasteiger partial charge in [0.1, 0.15) is 0 Å². The Bertz CT molecular complexity index is 272. The standard InChI is InChI=1S/C9H7F3.CH4/c1-7(9(10,11)12)8-5-3-2-4-6-8;/h2-6H,1H2;1H4. The maximum atomic E-state index is 12.0. The first-order chi connectivity index (χ1) is 5.52. The first-order valence-corrected chi connectivity index (χ1v) is 3.33. The van der Waals surface area contributed by atoms with Crippen molar-refractivity contribution in [3.63, 3.8) is 0 Å². The van der Waals surface area contributed by atoms with Crippen LogP contribution in [-0.2, 0) is 0 Å². The summed E-state index contributed by atoms with van der Waals surface area (Å²) in [5, 5.41) is 0. The van der Waals surface area contributed by atoms with E-state index in [0.29, 0.717) is 0 Å². The summed E-state index contributed by atoms with van der Waals surface area (Å²) in [6, 6.07) is 7.53. The molecule has 0 unspecified atom stereocenters. The molecule has 0 fully saturated rings. The van der Waals surface area contributed by atoms with Crippen molar-refractivity contribution in [2.75, 3.05) is 0 Å². The molecule has 3 heteroatoms. The quantitative estimate of drug-likeness (QED) is 0.627. The summed E-state index contributed by atoms with van der Waals surface area (Å²) in [5.41, 5.74) is -0.687. The van der Waals surface area contributed by atoms with Gasteiger partial charge in [-0.15, -0.1) is 0 Å². The summed E-state index contributed by atoms with van der Waals surface area (Å²) in [5.74, 6) is 0. The molecule has 0 amide bonds. The minimum Gasteiger partial charge on any atom is -0.166 e. The number of hydrogen-bond donors (Lipinski definition) is 0. The molecule has 0 aromatic heterocycles. The Hall–Kier alpha value is -1.25. The van der Waals surface area contributed by atoms with Crippen LogP contribution < -0.4 is 0 Å². The molecule has 0 aliphatic carbocycles. The van der Waals surface area contributed by atoms with Gasteiger partial charge in [0.15, 0.2) is 0 Å². The molecule has 0 saturated carbocycles. The lowest BCUT2D eigenvalue weighted by Gasteiger charge is -2.08. The van der Waals surface area contributed by atoms with Gasteiger partial charge in [0.05, 0.1) is 5.57 Å². The molecule has 0 radical (unpaired) electrons. The van der Waals surface area contributed by atoms with E-state index >= 15 is 0 Å². The Balaban J connectivity index is 0.00000144. The first kappa shape index (κ1) is 11.8. The number of halogens is 3. The molecular formula is C10H11F3. The van der Waals surface area contributed by atoms with Crippen molar-refractivity contribution in [1.29, 1.82) is 0 Å². The van der Waals surface area contributed by atoms with E-state index in [1.807, 2.05) is 0 Å². The van der Waals surface area contributed by atoms with Gasteiger partial charge in [-0.05, 0) is 5.56 Å². The van der Waals surface area contributed by atoms with Gasteiger partial charge in [-0.3, -0.25) is 0 Å². The smallest absolute Gasteiger partial charge is 0.166 e. The second-order valence-corrected chi connectivity index (χ2v) is 2.34. The number of allylic oxidation sites excluding steroid dienone is 1. The van der Waals surface area contributed by atoms with E-state index < -0.39 is 11.7 Å². The first-order valence-electron chi connectivity index (χ1n) is 3.33. The van der Waals surface area contributed by atoms with Crippen LogP contribution in [0.15, 0.2) is 36.9 Å². The highest BCUT2D eigenvalue weighted by molar-refractivity contribution is 5.67. The third-order valence-electron chi connectivity index (χ3n) is 1.46. The normalized spacial score (nSPS) is 10.4. The molecule has 1 aromatic rings. The summed E-state index contributed by atoms with van der Waals surface area (Å²) in [6.45, 7) is 2.97. The highest BCUT2D eigenvalue weighted by Crippen LogP contribution is 2.31. The second-order valence-electron chi connectivity index (χ2n) is 2.34. The van der Waals surface area contributed by atoms with Gasteiger partial charge in [0, 0.05) is 0 Å². The summed E-state index contributed by atoms with van der Waals surface area (Å²) in [7, 11) is 0. The molecule has 0 saturated heterocycles. The number of alkyl halides is 3. The maximum absolute atomic E-state index is 12.0. The summed E-state index contributed by atoms with van der Waals surface area (Å²) in [4.78, 5) is 0. The van der Waals surface area contributed by atoms with Gasteiger partial charge >= 0.3 is 6.18 Å². The minimum absolute atomic E-state index is 0. The van der Waals surface area contributed by atoms with E-state index in [9.17, 15) is 13.2 Å². The minimum atomic E-state index is -4.33. The average molecular weight is 188 g/mol. The van der Waals surface area contributed by atoms with Crippen molar-refractivity contribution in [3.8, 4) is 0 Å². The number of rotatable bonds is 1. The van der Waals surface area contributed by atoms with Crippen LogP contribution in [0.4, 0.5) is 13.2 Å². The molecule has 72 valence electrons. The van der Waals surface area contributed by atoms with E-state index in [-0.39, 0.29) is 13.0 Å². The van der Waals surface area contributed by atoms with Gasteiger partial charge in [-0.2, -0.15) is 13.2 Å². The predicted molar refractivity (Wildman–Crippen MR) is 48.3 cm³/mol. The predicted octanol–water partition coefficient (Wildman–Crippen LogP) is 3.90. The van der Waals surface area contributed by atoms with Crippen molar-refractivity contribution in [1.82, 2.24) is 0 Å². The van der Waals surface area contributed by atoms with Crippen LogP contribution in [0, 0.1) is 0 Å². The Morgan fingerprint density at radius 2 is 1.54 bits per heavy atom. The monoisotopic (exact) mass is 188 g/mol. The Labute approximate surface area is 75.7 Å². The zero-order valence-electron chi connectivity index (χ0n) is 6.23. The van der Waals surface area contributed by atoms with Gasteiger partial charge in [-0.25, -0.2) is 0 Å². The summed E-state index contributed by atoms with van der Waals surface area (Å²) < 4.78 is 36.1. The highest BCUT2D eigenvalue weighted by Gasteiger charge is 2.32. The van der Waals surface area contributed by atoms with Gasteiger partial charge in [0.25, 0.3) is 0 Å². The van der Waals surface area contributed by atoms with E-state index in [2.05, 4.69) is 6.58 Å². The highest BCUT2D eigenvalue weighted by atomic mass is 19.4. The summed E-state index contributed by atoms with van der Waals surface area (Å²) in [6.07, 6.45) is -4.33. The van der Waals surface area contributed by atoms with E-state index in [4.69, 9.17) is 0 Å². The summed E-state index contributed by atoms with van der Waals surface area (Å²) >= 11 is 0. The van der Waals surface area contributed by atoms with Crippen molar-refractivity contribution in [3.05, 3.63) is 42.5 Å². The van der Waals surface area contributed by atoms with Crippen LogP contribution in [0.5, 0.6) is 0 Å². The lowest BCUT2D eigenvalue weighted by atomic mass is 10.1. The lowest BCUT2D eigenvalue weighted by molar-refractivity contribution is -0.0686. The molecule has 1 rings (SSSR count). The van der Waals surface area contributed by atoms with Crippen LogP contribution in [0.2, 0.25) is 0 Å². The molecule has 13 heavy (non-hydrogen) atoms. The third-order valence-corrected chi connectivity index (χ3v) is 1.46. The molecule has 0 N–H and O–H groups in total. The molecule has 0 bridgehead atoms. The van der Waals surface area contributed by atoms with Gasteiger partial charge in [0.2, 0.25) is 0 Å². The zero-order valence-corrected chi connectivity index (χ0v) is 6.23. The van der Waals surface area contributed by atoms with Gasteiger partial charge in [-0.1, -0.05) is 44.3 Å². The fourth-order valence-corrected chi connectivity index (χ4v) is 0.803. The van der Waals surface area contributed by atoms with Crippen LogP contribution in [0.1, 0.15) is 13.0 Å². The maximum Gasteiger partial charge on any atom is 0.416 e. The molecule has 0 spiro atoms. The Kier molecular flexibility index (Phi) is 3.72. The van der Waals surface area contributed by atoms with E-state index in [1.165, 1.54) is 12.1 Å². The van der Waals surface area contributed by atoms with Crippen LogP contribution >= 0.6 is 0 Å². The second kappa shape index (κ2) is 4.12. The number of hydrogen-bond acceptors (Lipinski definition) is 0. The van der Waals surface area contributed by atoms with Gasteiger partial charge < -0.3 is 0 Å². The van der Waals surface area contributed by atoms with Crippen molar-refractivity contribution < 1.29 is 13.2 Å². The van der Waals surface area contributed by atoms with Crippen LogP contribution in [0.25, 0.3) is 5.57 Å². The van der Waals surface area contributed by atoms with E-state index in [0.717, 1.165) is 0 Å². The molecule has 0 nitrogen and oxygen atoms in total. The van der Waals surface area contributed by atoms with Crippen molar-refractivity contribution >= 4 is 5.57 Å². The fraction of sp³-hybridized carbons (Fsp3) is 0.200. The zero-order chi connectivity index (χ0) is 9.19. The molecule has 0 heterocycles. The lowest BCUT2D eigenvalue weighted by Crippen LogP contribution is -2.09. The fourth-order valence-electron chi connectivity index (χ4n) is 0.803. The van der Waals surface area contributed by atoms with E-state index in [1.54, 1.807) is 18.2 Å². The molecule has 0 aliphatic heterocycles. The Morgan fingerprint density at radius 1 is 1.08 bits per heavy atom. The Morgan fingerprint density at radius 3 is 1.92 bits per heavy atom. The molecule has 0 aliphatic rings. The van der Waals surface area contributed by atoms with Crippen LogP contribution in [-0.4, -0.2) is 6.18 Å². The molecule has 1 aromatic carbocycles. The largest absolute Gasteiger partial charge is 0.416 e. The SMILES string of the molecule is C.C=C(c1ccccc1)C(F)(F)F. The average Bonchev–Trinajstić information content (AvgIpc) is 2.03. The van der Waals surface area contributed by atoms with Crippen molar-refractivity contribution in [2.24, 2.45) is 0 Å². The molecule has 0 atom stereocenters. The third kappa shape index (κ3) is 2.93. The van der Waals surface area contributed by atoms with Crippen molar-refractivity contribution in [2.45, 2.75) is 13.6 Å². The molecular weight excluding hydrogens is 177 g/mol.